The first-order valence-corrected chi connectivity index (χ1v) is 5.19. The van der Waals surface area contributed by atoms with Crippen molar-refractivity contribution in [2.45, 2.75) is 12.7 Å². The average Bonchev–Trinajstić information content (AvgIpc) is 2.84. The van der Waals surface area contributed by atoms with Crippen molar-refractivity contribution in [3.8, 4) is 0 Å². The molecule has 0 saturated heterocycles. The fourth-order valence-corrected chi connectivity index (χ4v) is 1.43. The van der Waals surface area contributed by atoms with E-state index in [1.54, 1.807) is 12.1 Å². The maximum atomic E-state index is 9.67. The Labute approximate surface area is 94.3 Å². The lowest BCUT2D eigenvalue weighted by atomic mass is 10.2. The van der Waals surface area contributed by atoms with Crippen LogP contribution in [0.5, 0.6) is 0 Å². The van der Waals surface area contributed by atoms with E-state index in [4.69, 9.17) is 9.15 Å². The summed E-state index contributed by atoms with van der Waals surface area (Å²) in [5, 5.41) is 9.67. The van der Waals surface area contributed by atoms with Crippen molar-refractivity contribution in [1.82, 2.24) is 0 Å². The third kappa shape index (κ3) is 2.95. The molecule has 3 heteroatoms. The van der Waals surface area contributed by atoms with Crippen LogP contribution in [0.1, 0.15) is 17.4 Å². The Morgan fingerprint density at radius 3 is 2.62 bits per heavy atom. The normalized spacial score (nSPS) is 12.6. The Morgan fingerprint density at radius 2 is 1.94 bits per heavy atom. The van der Waals surface area contributed by atoms with Crippen LogP contribution in [0.3, 0.4) is 0 Å². The van der Waals surface area contributed by atoms with Gasteiger partial charge in [-0.1, -0.05) is 30.3 Å². The first-order chi connectivity index (χ1) is 7.86. The van der Waals surface area contributed by atoms with Gasteiger partial charge in [-0.3, -0.25) is 0 Å². The van der Waals surface area contributed by atoms with E-state index in [1.807, 2.05) is 30.3 Å². The number of benzene rings is 1. The number of furan rings is 1. The topological polar surface area (TPSA) is 42.6 Å². The third-order valence-corrected chi connectivity index (χ3v) is 2.26. The van der Waals surface area contributed by atoms with Crippen LogP contribution in [0.15, 0.2) is 53.1 Å². The Bertz CT molecular complexity index is 394. The largest absolute Gasteiger partial charge is 0.467 e. The van der Waals surface area contributed by atoms with Gasteiger partial charge in [0.05, 0.1) is 19.5 Å². The SMILES string of the molecule is O[C@H](COCc1ccccc1)c1ccco1. The summed E-state index contributed by atoms with van der Waals surface area (Å²) < 4.78 is 10.5. The summed E-state index contributed by atoms with van der Waals surface area (Å²) in [6.07, 6.45) is 0.842. The van der Waals surface area contributed by atoms with E-state index in [9.17, 15) is 5.11 Å². The number of hydrogen-bond acceptors (Lipinski definition) is 3. The maximum Gasteiger partial charge on any atom is 0.135 e. The van der Waals surface area contributed by atoms with Crippen LogP contribution in [0, 0.1) is 0 Å². The molecule has 1 aromatic heterocycles. The van der Waals surface area contributed by atoms with Crippen molar-refractivity contribution in [2.75, 3.05) is 6.61 Å². The van der Waals surface area contributed by atoms with E-state index in [0.717, 1.165) is 5.56 Å². The van der Waals surface area contributed by atoms with E-state index in [-0.39, 0.29) is 6.61 Å². The molecule has 84 valence electrons. The van der Waals surface area contributed by atoms with Crippen molar-refractivity contribution in [2.24, 2.45) is 0 Å². The van der Waals surface area contributed by atoms with Gasteiger partial charge in [-0.2, -0.15) is 0 Å². The molecule has 0 fully saturated rings. The molecule has 2 aromatic rings. The molecule has 1 aromatic carbocycles. The van der Waals surface area contributed by atoms with E-state index >= 15 is 0 Å². The zero-order valence-electron chi connectivity index (χ0n) is 8.87. The predicted molar refractivity (Wildman–Crippen MR) is 59.8 cm³/mol. The summed E-state index contributed by atoms with van der Waals surface area (Å²) >= 11 is 0. The first-order valence-electron chi connectivity index (χ1n) is 5.19. The van der Waals surface area contributed by atoms with Gasteiger partial charge in [0, 0.05) is 0 Å². The molecule has 16 heavy (non-hydrogen) atoms. The molecule has 0 spiro atoms. The van der Waals surface area contributed by atoms with Crippen molar-refractivity contribution >= 4 is 0 Å². The van der Waals surface area contributed by atoms with Gasteiger partial charge < -0.3 is 14.3 Å². The summed E-state index contributed by atoms with van der Waals surface area (Å²) in [6, 6.07) is 13.3. The number of ether oxygens (including phenoxy) is 1. The quantitative estimate of drug-likeness (QED) is 0.838. The molecule has 0 aliphatic carbocycles. The highest BCUT2D eigenvalue weighted by Gasteiger charge is 2.09. The molecule has 0 bridgehead atoms. The minimum Gasteiger partial charge on any atom is -0.467 e. The zero-order chi connectivity index (χ0) is 11.2. The van der Waals surface area contributed by atoms with Gasteiger partial charge in [-0.05, 0) is 17.7 Å². The second-order valence-corrected chi connectivity index (χ2v) is 3.53. The summed E-state index contributed by atoms with van der Waals surface area (Å²) in [7, 11) is 0. The van der Waals surface area contributed by atoms with Crippen LogP contribution in [-0.4, -0.2) is 11.7 Å². The van der Waals surface area contributed by atoms with E-state index in [0.29, 0.717) is 12.4 Å². The molecule has 1 N–H and O–H groups in total. The molecule has 0 aliphatic rings. The van der Waals surface area contributed by atoms with Gasteiger partial charge in [0.2, 0.25) is 0 Å². The van der Waals surface area contributed by atoms with Crippen LogP contribution in [0.2, 0.25) is 0 Å². The van der Waals surface area contributed by atoms with Crippen molar-refractivity contribution < 1.29 is 14.3 Å². The highest BCUT2D eigenvalue weighted by Crippen LogP contribution is 2.13. The molecule has 0 radical (unpaired) electrons. The second kappa shape index (κ2) is 5.49. The van der Waals surface area contributed by atoms with Gasteiger partial charge >= 0.3 is 0 Å². The molecule has 0 amide bonds. The zero-order valence-corrected chi connectivity index (χ0v) is 8.87. The van der Waals surface area contributed by atoms with Gasteiger partial charge in [-0.25, -0.2) is 0 Å². The molecule has 2 rings (SSSR count). The van der Waals surface area contributed by atoms with Gasteiger partial charge in [0.1, 0.15) is 11.9 Å². The van der Waals surface area contributed by atoms with Gasteiger partial charge in [0.25, 0.3) is 0 Å². The maximum absolute atomic E-state index is 9.67. The van der Waals surface area contributed by atoms with Crippen molar-refractivity contribution in [3.63, 3.8) is 0 Å². The number of aliphatic hydroxyl groups excluding tert-OH is 1. The lowest BCUT2D eigenvalue weighted by Gasteiger charge is -2.08. The standard InChI is InChI=1S/C13H14O3/c14-12(13-7-4-8-16-13)10-15-9-11-5-2-1-3-6-11/h1-8,12,14H,9-10H2/t12-/m1/s1. The predicted octanol–water partition coefficient (Wildman–Crippen LogP) is 2.53. The Morgan fingerprint density at radius 1 is 1.12 bits per heavy atom. The third-order valence-electron chi connectivity index (χ3n) is 2.26. The number of hydrogen-bond donors (Lipinski definition) is 1. The monoisotopic (exact) mass is 218 g/mol. The molecule has 0 saturated carbocycles. The lowest BCUT2D eigenvalue weighted by Crippen LogP contribution is -2.06. The first kappa shape index (κ1) is 10.9. The van der Waals surface area contributed by atoms with E-state index < -0.39 is 6.10 Å². The van der Waals surface area contributed by atoms with E-state index in [1.165, 1.54) is 6.26 Å². The molecule has 0 unspecified atom stereocenters. The molecule has 0 aliphatic heterocycles. The highest BCUT2D eigenvalue weighted by atomic mass is 16.5. The summed E-state index contributed by atoms with van der Waals surface area (Å²) in [4.78, 5) is 0. The van der Waals surface area contributed by atoms with E-state index in [2.05, 4.69) is 0 Å². The highest BCUT2D eigenvalue weighted by molar-refractivity contribution is 5.13. The minimum absolute atomic E-state index is 0.238. The van der Waals surface area contributed by atoms with Gasteiger partial charge in [0.15, 0.2) is 0 Å². The summed E-state index contributed by atoms with van der Waals surface area (Å²) in [5.41, 5.74) is 1.09. The fourth-order valence-electron chi connectivity index (χ4n) is 1.43. The van der Waals surface area contributed by atoms with Crippen LogP contribution in [0.4, 0.5) is 0 Å². The van der Waals surface area contributed by atoms with Crippen molar-refractivity contribution in [3.05, 3.63) is 60.1 Å². The Balaban J connectivity index is 1.76. The molecule has 1 heterocycles. The lowest BCUT2D eigenvalue weighted by molar-refractivity contribution is 0.0173. The van der Waals surface area contributed by atoms with Gasteiger partial charge in [-0.15, -0.1) is 0 Å². The molecular formula is C13H14O3. The fraction of sp³-hybridized carbons (Fsp3) is 0.231. The van der Waals surface area contributed by atoms with Crippen LogP contribution >= 0.6 is 0 Å². The average molecular weight is 218 g/mol. The minimum atomic E-state index is -0.696. The second-order valence-electron chi connectivity index (χ2n) is 3.53. The Hall–Kier alpha value is -1.58. The Kier molecular flexibility index (Phi) is 3.75. The van der Waals surface area contributed by atoms with Crippen molar-refractivity contribution in [1.29, 1.82) is 0 Å². The summed E-state index contributed by atoms with van der Waals surface area (Å²) in [5.74, 6) is 0.535. The van der Waals surface area contributed by atoms with Crippen LogP contribution < -0.4 is 0 Å². The summed E-state index contributed by atoms with van der Waals surface area (Å²) in [6.45, 7) is 0.737. The smallest absolute Gasteiger partial charge is 0.135 e. The van der Waals surface area contributed by atoms with Crippen LogP contribution in [-0.2, 0) is 11.3 Å². The molecule has 3 nitrogen and oxygen atoms in total. The molecule has 1 atom stereocenters. The number of aliphatic hydroxyl groups is 1. The molecular weight excluding hydrogens is 204 g/mol. The van der Waals surface area contributed by atoms with Crippen LogP contribution in [0.25, 0.3) is 0 Å². The number of rotatable bonds is 5.